The second-order valence-electron chi connectivity index (χ2n) is 3.97. The number of hydrogen-bond donors (Lipinski definition) is 1. The summed E-state index contributed by atoms with van der Waals surface area (Å²) in [4.78, 5) is 11.8. The number of carbonyl (C=O) groups is 1. The molecule has 4 heteroatoms. The summed E-state index contributed by atoms with van der Waals surface area (Å²) in [6.07, 6.45) is 0.863. The van der Waals surface area contributed by atoms with E-state index in [9.17, 15) is 4.79 Å². The molecular weight excluding hydrogens is 258 g/mol. The van der Waals surface area contributed by atoms with Gasteiger partial charge in [-0.3, -0.25) is 0 Å². The van der Waals surface area contributed by atoms with Crippen molar-refractivity contribution in [2.75, 3.05) is 13.1 Å². The first-order chi connectivity index (χ1) is 7.23. The van der Waals surface area contributed by atoms with Gasteiger partial charge in [0.15, 0.2) is 5.60 Å². The number of benzene rings is 1. The molecule has 1 N–H and O–H groups in total. The molecule has 3 nitrogen and oxygen atoms in total. The molecule has 1 fully saturated rings. The molecule has 2 heterocycles. The fourth-order valence-corrected chi connectivity index (χ4v) is 2.91. The number of rotatable bonds is 0. The standard InChI is InChI=1S/C11H10BrNO2/c12-8-3-1-2-7-9(8)10(14)15-11(7)4-5-13-6-11/h1-3,13H,4-6H2. The van der Waals surface area contributed by atoms with E-state index in [0.29, 0.717) is 5.56 Å². The number of nitrogens with one attached hydrogen (secondary N) is 1. The minimum atomic E-state index is -0.407. The van der Waals surface area contributed by atoms with Gasteiger partial charge in [0.25, 0.3) is 0 Å². The normalized spacial score (nSPS) is 28.2. The molecule has 0 radical (unpaired) electrons. The van der Waals surface area contributed by atoms with Crippen LogP contribution in [-0.4, -0.2) is 19.1 Å². The Morgan fingerprint density at radius 3 is 3.07 bits per heavy atom. The number of hydrogen-bond acceptors (Lipinski definition) is 3. The molecule has 15 heavy (non-hydrogen) atoms. The van der Waals surface area contributed by atoms with Crippen LogP contribution in [0.4, 0.5) is 0 Å². The largest absolute Gasteiger partial charge is 0.449 e. The Morgan fingerprint density at radius 1 is 1.47 bits per heavy atom. The summed E-state index contributed by atoms with van der Waals surface area (Å²) in [6.45, 7) is 1.63. The highest BCUT2D eigenvalue weighted by molar-refractivity contribution is 9.10. The van der Waals surface area contributed by atoms with E-state index >= 15 is 0 Å². The molecule has 1 spiro atoms. The van der Waals surface area contributed by atoms with Gasteiger partial charge in [-0.05, 0) is 28.5 Å². The van der Waals surface area contributed by atoms with Crippen molar-refractivity contribution in [3.63, 3.8) is 0 Å². The Labute approximate surface area is 95.9 Å². The van der Waals surface area contributed by atoms with Gasteiger partial charge in [-0.15, -0.1) is 0 Å². The predicted octanol–water partition coefficient (Wildman–Crippen LogP) is 1.81. The Bertz CT molecular complexity index is 438. The van der Waals surface area contributed by atoms with Gasteiger partial charge < -0.3 is 10.1 Å². The minimum absolute atomic E-state index is 0.207. The zero-order chi connectivity index (χ0) is 10.5. The first-order valence-corrected chi connectivity index (χ1v) is 5.75. The predicted molar refractivity (Wildman–Crippen MR) is 58.7 cm³/mol. The molecule has 2 aliphatic heterocycles. The number of fused-ring (bicyclic) bond motifs is 2. The molecule has 0 saturated carbocycles. The highest BCUT2D eigenvalue weighted by Crippen LogP contribution is 2.43. The van der Waals surface area contributed by atoms with Crippen LogP contribution in [0.2, 0.25) is 0 Å². The summed E-state index contributed by atoms with van der Waals surface area (Å²) in [6, 6.07) is 5.81. The molecule has 1 saturated heterocycles. The van der Waals surface area contributed by atoms with E-state index in [1.807, 2.05) is 18.2 Å². The summed E-state index contributed by atoms with van der Waals surface area (Å²) in [7, 11) is 0. The van der Waals surface area contributed by atoms with Gasteiger partial charge in [-0.2, -0.15) is 0 Å². The molecule has 0 aliphatic carbocycles. The zero-order valence-corrected chi connectivity index (χ0v) is 9.63. The lowest BCUT2D eigenvalue weighted by Crippen LogP contribution is -2.28. The van der Waals surface area contributed by atoms with Crippen LogP contribution in [0.15, 0.2) is 22.7 Å². The van der Waals surface area contributed by atoms with Crippen molar-refractivity contribution in [2.24, 2.45) is 0 Å². The second-order valence-corrected chi connectivity index (χ2v) is 4.83. The van der Waals surface area contributed by atoms with Crippen LogP contribution >= 0.6 is 15.9 Å². The summed E-state index contributed by atoms with van der Waals surface area (Å²) < 4.78 is 6.36. The number of carbonyl (C=O) groups excluding carboxylic acids is 1. The molecule has 0 bridgehead atoms. The number of halogens is 1. The van der Waals surface area contributed by atoms with Gasteiger partial charge in [-0.25, -0.2) is 4.79 Å². The van der Waals surface area contributed by atoms with Gasteiger partial charge >= 0.3 is 5.97 Å². The van der Waals surface area contributed by atoms with Gasteiger partial charge in [0.1, 0.15) is 0 Å². The molecule has 1 unspecified atom stereocenters. The first-order valence-electron chi connectivity index (χ1n) is 4.96. The lowest BCUT2D eigenvalue weighted by Gasteiger charge is -2.21. The summed E-state index contributed by atoms with van der Waals surface area (Å²) in [5.74, 6) is -0.207. The van der Waals surface area contributed by atoms with Crippen molar-refractivity contribution in [3.05, 3.63) is 33.8 Å². The van der Waals surface area contributed by atoms with Gasteiger partial charge in [0.05, 0.1) is 5.56 Å². The Balaban J connectivity index is 2.22. The topological polar surface area (TPSA) is 38.3 Å². The minimum Gasteiger partial charge on any atom is -0.449 e. The Kier molecular flexibility index (Phi) is 1.91. The maximum absolute atomic E-state index is 11.8. The SMILES string of the molecule is O=C1OC2(CCNC2)c2cccc(Br)c21. The van der Waals surface area contributed by atoms with E-state index in [4.69, 9.17) is 4.74 Å². The van der Waals surface area contributed by atoms with E-state index in [1.54, 1.807) is 0 Å². The van der Waals surface area contributed by atoms with Crippen molar-refractivity contribution >= 4 is 21.9 Å². The molecule has 0 amide bonds. The van der Waals surface area contributed by atoms with Crippen LogP contribution in [0.5, 0.6) is 0 Å². The summed E-state index contributed by atoms with van der Waals surface area (Å²) in [5, 5.41) is 3.24. The van der Waals surface area contributed by atoms with E-state index in [0.717, 1.165) is 29.5 Å². The van der Waals surface area contributed by atoms with Crippen molar-refractivity contribution in [1.29, 1.82) is 0 Å². The molecule has 1 atom stereocenters. The molecule has 3 rings (SSSR count). The van der Waals surface area contributed by atoms with Crippen LogP contribution in [-0.2, 0) is 10.3 Å². The molecule has 1 aromatic rings. The maximum atomic E-state index is 11.8. The van der Waals surface area contributed by atoms with Crippen LogP contribution in [0.1, 0.15) is 22.3 Å². The monoisotopic (exact) mass is 267 g/mol. The van der Waals surface area contributed by atoms with E-state index in [2.05, 4.69) is 21.2 Å². The van der Waals surface area contributed by atoms with Crippen molar-refractivity contribution in [3.8, 4) is 0 Å². The van der Waals surface area contributed by atoms with Gasteiger partial charge in [0, 0.05) is 23.0 Å². The highest BCUT2D eigenvalue weighted by atomic mass is 79.9. The molecule has 0 aromatic heterocycles. The lowest BCUT2D eigenvalue weighted by molar-refractivity contribution is 0.00162. The van der Waals surface area contributed by atoms with Crippen LogP contribution in [0.3, 0.4) is 0 Å². The van der Waals surface area contributed by atoms with Gasteiger partial charge in [0.2, 0.25) is 0 Å². The van der Waals surface area contributed by atoms with Crippen molar-refractivity contribution < 1.29 is 9.53 Å². The van der Waals surface area contributed by atoms with Crippen LogP contribution in [0, 0.1) is 0 Å². The van der Waals surface area contributed by atoms with Gasteiger partial charge in [-0.1, -0.05) is 12.1 Å². The molecule has 1 aromatic carbocycles. The van der Waals surface area contributed by atoms with Crippen LogP contribution < -0.4 is 5.32 Å². The first kappa shape index (κ1) is 9.36. The smallest absolute Gasteiger partial charge is 0.340 e. The maximum Gasteiger partial charge on any atom is 0.340 e. The Hall–Kier alpha value is -0.870. The van der Waals surface area contributed by atoms with Crippen molar-refractivity contribution in [2.45, 2.75) is 12.0 Å². The van der Waals surface area contributed by atoms with Crippen LogP contribution in [0.25, 0.3) is 0 Å². The third-order valence-electron chi connectivity index (χ3n) is 3.11. The fraction of sp³-hybridized carbons (Fsp3) is 0.364. The summed E-state index contributed by atoms with van der Waals surface area (Å²) >= 11 is 3.40. The number of esters is 1. The zero-order valence-electron chi connectivity index (χ0n) is 8.05. The number of ether oxygens (including phenoxy) is 1. The average Bonchev–Trinajstić information content (AvgIpc) is 2.76. The molecule has 78 valence electrons. The fourth-order valence-electron chi connectivity index (χ4n) is 2.38. The van der Waals surface area contributed by atoms with E-state index in [-0.39, 0.29) is 5.97 Å². The lowest BCUT2D eigenvalue weighted by atomic mass is 9.92. The average molecular weight is 268 g/mol. The third-order valence-corrected chi connectivity index (χ3v) is 3.77. The second kappa shape index (κ2) is 3.06. The van der Waals surface area contributed by atoms with E-state index < -0.39 is 5.60 Å². The summed E-state index contributed by atoms with van der Waals surface area (Å²) in [5.41, 5.74) is 1.31. The molecule has 2 aliphatic rings. The quantitative estimate of drug-likeness (QED) is 0.729. The molecular formula is C11H10BrNO2. The third kappa shape index (κ3) is 1.18. The van der Waals surface area contributed by atoms with E-state index in [1.165, 1.54) is 0 Å². The van der Waals surface area contributed by atoms with Crippen molar-refractivity contribution in [1.82, 2.24) is 5.32 Å². The highest BCUT2D eigenvalue weighted by Gasteiger charge is 2.48. The Morgan fingerprint density at radius 2 is 2.33 bits per heavy atom.